The predicted octanol–water partition coefficient (Wildman–Crippen LogP) is 1.48. The number of amides is 1. The van der Waals surface area contributed by atoms with Crippen LogP contribution in [0.4, 0.5) is 22.7 Å². The van der Waals surface area contributed by atoms with Crippen molar-refractivity contribution in [1.82, 2.24) is 0 Å². The maximum Gasteiger partial charge on any atom is 0.397 e. The fourth-order valence-electron chi connectivity index (χ4n) is 2.40. The maximum atomic E-state index is 12.3. The molecular weight excluding hydrogens is 504 g/mol. The normalized spacial score (nSPS) is 12.7. The van der Waals surface area contributed by atoms with Gasteiger partial charge in [0.15, 0.2) is 9.84 Å². The van der Waals surface area contributed by atoms with Crippen molar-refractivity contribution >= 4 is 59.0 Å². The Bertz CT molecular complexity index is 1420. The van der Waals surface area contributed by atoms with Crippen LogP contribution in [0.15, 0.2) is 56.4 Å². The van der Waals surface area contributed by atoms with E-state index in [4.69, 9.17) is 10.3 Å². The summed E-state index contributed by atoms with van der Waals surface area (Å²) in [6, 6.07) is 6.87. The van der Waals surface area contributed by atoms with Gasteiger partial charge in [0.25, 0.3) is 10.1 Å². The minimum Gasteiger partial charge on any atom is -0.398 e. The monoisotopic (exact) mass is 522 g/mol. The van der Waals surface area contributed by atoms with Gasteiger partial charge in [-0.25, -0.2) is 12.6 Å². The molecule has 180 valence electrons. The molecule has 0 unspecified atom stereocenters. The first-order valence-electron chi connectivity index (χ1n) is 8.63. The molecule has 0 aliphatic rings. The Kier molecular flexibility index (Phi) is 7.88. The Morgan fingerprint density at radius 3 is 2.30 bits per heavy atom. The van der Waals surface area contributed by atoms with Crippen molar-refractivity contribution in [2.75, 3.05) is 23.4 Å². The molecule has 0 radical (unpaired) electrons. The zero-order chi connectivity index (χ0) is 25.0. The fourth-order valence-corrected chi connectivity index (χ4v) is 4.54. The summed E-state index contributed by atoms with van der Waals surface area (Å²) in [6.45, 7) is 0.352. The molecule has 0 atom stereocenters. The average Bonchev–Trinajstić information content (AvgIpc) is 2.65. The number of anilines is 2. The second-order valence-electron chi connectivity index (χ2n) is 6.33. The number of rotatable bonds is 9. The third-order valence-corrected chi connectivity index (χ3v) is 6.80. The first-order valence-corrected chi connectivity index (χ1v) is 13.1. The quantitative estimate of drug-likeness (QED) is 0.209. The smallest absolute Gasteiger partial charge is 0.397 e. The highest BCUT2D eigenvalue weighted by molar-refractivity contribution is 7.91. The van der Waals surface area contributed by atoms with Crippen LogP contribution >= 0.6 is 0 Å². The van der Waals surface area contributed by atoms with Crippen LogP contribution in [0.25, 0.3) is 0 Å². The van der Waals surface area contributed by atoms with Crippen LogP contribution in [-0.2, 0) is 39.3 Å². The van der Waals surface area contributed by atoms with Gasteiger partial charge in [-0.05, 0) is 30.3 Å². The van der Waals surface area contributed by atoms with Crippen LogP contribution in [-0.4, -0.2) is 52.6 Å². The first-order chi connectivity index (χ1) is 15.1. The van der Waals surface area contributed by atoms with Crippen molar-refractivity contribution in [2.45, 2.75) is 16.7 Å². The Balaban J connectivity index is 2.40. The number of nitrogen functional groups attached to an aromatic ring is 1. The summed E-state index contributed by atoms with van der Waals surface area (Å²) in [6.07, 6.45) is 0. The molecule has 2 rings (SSSR count). The summed E-state index contributed by atoms with van der Waals surface area (Å²) >= 11 is 0. The summed E-state index contributed by atoms with van der Waals surface area (Å²) in [4.78, 5) is 10.5. The molecule has 2 aromatic rings. The van der Waals surface area contributed by atoms with E-state index in [1.165, 1.54) is 25.1 Å². The summed E-state index contributed by atoms with van der Waals surface area (Å²) in [5, 5.41) is 10.00. The Morgan fingerprint density at radius 1 is 1.06 bits per heavy atom. The lowest BCUT2D eigenvalue weighted by molar-refractivity contribution is -0.114. The minimum absolute atomic E-state index is 0.00854. The summed E-state index contributed by atoms with van der Waals surface area (Å²) in [5.41, 5.74) is 5.00. The first kappa shape index (κ1) is 26.3. The molecule has 0 saturated heterocycles. The molecule has 5 N–H and O–H groups in total. The average molecular weight is 523 g/mol. The maximum absolute atomic E-state index is 12.3. The van der Waals surface area contributed by atoms with Gasteiger partial charge in [-0.15, -0.1) is 5.11 Å². The van der Waals surface area contributed by atoms with Crippen LogP contribution in [0.3, 0.4) is 0 Å². The van der Waals surface area contributed by atoms with Gasteiger partial charge in [0, 0.05) is 6.92 Å². The van der Waals surface area contributed by atoms with E-state index >= 15 is 0 Å². The molecule has 2 aromatic carbocycles. The van der Waals surface area contributed by atoms with Gasteiger partial charge in [-0.1, -0.05) is 6.07 Å². The number of carbonyl (C=O) groups excluding carboxylic acids is 1. The SMILES string of the molecule is CC(=O)Nc1cc(N)c(S(=O)(=O)O)cc1N=Nc1cccc(S(=O)(=O)CCOS(=O)(=O)O)c1. The topological polar surface area (TPSA) is 232 Å². The summed E-state index contributed by atoms with van der Waals surface area (Å²) < 4.78 is 90.6. The molecule has 1 amide bonds. The van der Waals surface area contributed by atoms with Gasteiger partial charge in [0.2, 0.25) is 5.91 Å². The third-order valence-electron chi connectivity index (χ3n) is 3.75. The molecule has 0 fully saturated rings. The van der Waals surface area contributed by atoms with Crippen LogP contribution in [0, 0.1) is 0 Å². The van der Waals surface area contributed by atoms with Gasteiger partial charge < -0.3 is 11.1 Å². The van der Waals surface area contributed by atoms with E-state index in [2.05, 4.69) is 19.7 Å². The van der Waals surface area contributed by atoms with E-state index in [0.29, 0.717) is 0 Å². The third kappa shape index (κ3) is 7.84. The summed E-state index contributed by atoms with van der Waals surface area (Å²) in [5.74, 6) is -1.30. The van der Waals surface area contributed by atoms with Gasteiger partial charge in [-0.2, -0.15) is 21.9 Å². The van der Waals surface area contributed by atoms with Gasteiger partial charge >= 0.3 is 10.4 Å². The van der Waals surface area contributed by atoms with Crippen LogP contribution < -0.4 is 11.1 Å². The van der Waals surface area contributed by atoms with Crippen molar-refractivity contribution in [3.8, 4) is 0 Å². The van der Waals surface area contributed by atoms with E-state index < -0.39 is 53.5 Å². The van der Waals surface area contributed by atoms with Gasteiger partial charge in [0.05, 0.1) is 34.3 Å². The molecule has 0 bridgehead atoms. The molecule has 0 spiro atoms. The number of sulfone groups is 1. The number of nitrogens with two attached hydrogens (primary N) is 1. The lowest BCUT2D eigenvalue weighted by atomic mass is 10.2. The minimum atomic E-state index is -4.80. The zero-order valence-electron chi connectivity index (χ0n) is 16.7. The van der Waals surface area contributed by atoms with Gasteiger partial charge in [0.1, 0.15) is 10.6 Å². The lowest BCUT2D eigenvalue weighted by Crippen LogP contribution is -2.15. The van der Waals surface area contributed by atoms with Crippen LogP contribution in [0.5, 0.6) is 0 Å². The second-order valence-corrected chi connectivity index (χ2v) is 10.9. The van der Waals surface area contributed by atoms with Crippen LogP contribution in [0.1, 0.15) is 6.92 Å². The number of nitrogens with one attached hydrogen (secondary N) is 1. The fraction of sp³-hybridized carbons (Fsp3) is 0.188. The van der Waals surface area contributed by atoms with E-state index in [0.717, 1.165) is 18.2 Å². The molecule has 14 nitrogen and oxygen atoms in total. The van der Waals surface area contributed by atoms with E-state index in [1.54, 1.807) is 0 Å². The number of azo groups is 1. The number of carbonyl (C=O) groups is 1. The highest BCUT2D eigenvalue weighted by Crippen LogP contribution is 2.34. The van der Waals surface area contributed by atoms with E-state index in [1.807, 2.05) is 0 Å². The van der Waals surface area contributed by atoms with Crippen LogP contribution in [0.2, 0.25) is 0 Å². The highest BCUT2D eigenvalue weighted by atomic mass is 32.3. The Hall–Kier alpha value is -2.96. The number of hydrogen-bond acceptors (Lipinski definition) is 11. The van der Waals surface area contributed by atoms with Gasteiger partial charge in [-0.3, -0.25) is 13.9 Å². The molecule has 0 aliphatic carbocycles. The summed E-state index contributed by atoms with van der Waals surface area (Å²) in [7, 11) is -13.6. The van der Waals surface area contributed by atoms with Crippen molar-refractivity contribution in [1.29, 1.82) is 0 Å². The number of benzene rings is 2. The molecule has 17 heteroatoms. The molecular formula is C16H18N4O10S3. The van der Waals surface area contributed by atoms with Crippen molar-refractivity contribution in [3.05, 3.63) is 36.4 Å². The Morgan fingerprint density at radius 2 is 1.73 bits per heavy atom. The molecule has 0 aromatic heterocycles. The lowest BCUT2D eigenvalue weighted by Gasteiger charge is -2.10. The van der Waals surface area contributed by atoms with Crippen molar-refractivity contribution in [3.63, 3.8) is 0 Å². The number of hydrogen-bond donors (Lipinski definition) is 4. The largest absolute Gasteiger partial charge is 0.398 e. The van der Waals surface area contributed by atoms with E-state index in [9.17, 15) is 34.6 Å². The molecule has 0 aliphatic heterocycles. The van der Waals surface area contributed by atoms with E-state index in [-0.39, 0.29) is 27.6 Å². The Labute approximate surface area is 189 Å². The molecule has 0 saturated carbocycles. The molecule has 33 heavy (non-hydrogen) atoms. The second kappa shape index (κ2) is 9.89. The highest BCUT2D eigenvalue weighted by Gasteiger charge is 2.19. The van der Waals surface area contributed by atoms with Crippen molar-refractivity contribution < 1.29 is 43.3 Å². The number of nitrogens with zero attached hydrogens (tertiary/aromatic N) is 2. The predicted molar refractivity (Wildman–Crippen MR) is 115 cm³/mol. The zero-order valence-corrected chi connectivity index (χ0v) is 19.2. The standard InChI is InChI=1S/C16H18N4O10S3/c1-10(21)18-14-8-13(17)16(32(24,25)26)9-15(14)20-19-11-3-2-4-12(7-11)31(22,23)6-5-30-33(27,28)29/h2-4,7-9H,5-6,17H2,1H3,(H,18,21)(H,24,25,26)(H,27,28,29). The van der Waals surface area contributed by atoms with Crippen molar-refractivity contribution in [2.24, 2.45) is 10.2 Å². The molecule has 0 heterocycles.